The number of nitriles is 1. The van der Waals surface area contributed by atoms with Crippen molar-refractivity contribution in [3.8, 4) is 39.6 Å². The Bertz CT molecular complexity index is 2060. The second kappa shape index (κ2) is 12.6. The quantitative estimate of drug-likeness (QED) is 0.189. The fourth-order valence-electron chi connectivity index (χ4n) is 6.15. The van der Waals surface area contributed by atoms with E-state index in [1.807, 2.05) is 36.5 Å². The number of nitrogens with zero attached hydrogens (tertiary/aromatic N) is 6. The maximum absolute atomic E-state index is 13.7. The summed E-state index contributed by atoms with van der Waals surface area (Å²) in [5, 5.41) is 13.1. The third kappa shape index (κ3) is 5.88. The Morgan fingerprint density at radius 3 is 2.39 bits per heavy atom. The van der Waals surface area contributed by atoms with Gasteiger partial charge in [0.25, 0.3) is 0 Å². The Labute approximate surface area is 270 Å². The Kier molecular flexibility index (Phi) is 8.06. The number of nitrogens with one attached hydrogen (secondary N) is 1. The number of fused-ring (bicyclic) bond motifs is 1. The van der Waals surface area contributed by atoms with Crippen LogP contribution in [-0.4, -0.2) is 43.4 Å². The summed E-state index contributed by atoms with van der Waals surface area (Å²) < 4.78 is 15.8. The number of likely N-dealkylation sites (tertiary alicyclic amines) is 1. The van der Waals surface area contributed by atoms with Gasteiger partial charge in [-0.1, -0.05) is 54.1 Å². The molecule has 7 rings (SSSR count). The first kappa shape index (κ1) is 29.4. The summed E-state index contributed by atoms with van der Waals surface area (Å²) in [7, 11) is 0. The van der Waals surface area contributed by atoms with Gasteiger partial charge in [-0.3, -0.25) is 4.90 Å². The molecule has 228 valence electrons. The SMILES string of the molecule is N#Cc1nccc(NC2CCN(Cc3ccc(-c4c(-c5cccnc5N)c(Cl)c5ccc(-c6ccc(F)cc6)cn45)cc3)CC2)n1. The molecule has 8 nitrogen and oxygen atoms in total. The van der Waals surface area contributed by atoms with E-state index in [0.717, 1.165) is 71.5 Å². The Morgan fingerprint density at radius 1 is 0.913 bits per heavy atom. The zero-order chi connectivity index (χ0) is 31.6. The van der Waals surface area contributed by atoms with Crippen molar-refractivity contribution in [1.29, 1.82) is 5.26 Å². The number of anilines is 2. The highest BCUT2D eigenvalue weighted by Gasteiger charge is 2.23. The molecule has 0 bridgehead atoms. The van der Waals surface area contributed by atoms with Crippen LogP contribution in [-0.2, 0) is 6.54 Å². The lowest BCUT2D eigenvalue weighted by molar-refractivity contribution is 0.211. The van der Waals surface area contributed by atoms with Crippen LogP contribution in [0.2, 0.25) is 5.02 Å². The van der Waals surface area contributed by atoms with E-state index in [0.29, 0.717) is 22.7 Å². The first-order chi connectivity index (χ1) is 22.5. The highest BCUT2D eigenvalue weighted by molar-refractivity contribution is 6.38. The number of aromatic nitrogens is 4. The number of hydrogen-bond donors (Lipinski definition) is 2. The Balaban J connectivity index is 1.16. The molecule has 0 unspecified atom stereocenters. The third-order valence-electron chi connectivity index (χ3n) is 8.48. The van der Waals surface area contributed by atoms with Gasteiger partial charge in [-0.25, -0.2) is 19.3 Å². The Morgan fingerprint density at radius 2 is 1.65 bits per heavy atom. The van der Waals surface area contributed by atoms with E-state index in [9.17, 15) is 4.39 Å². The lowest BCUT2D eigenvalue weighted by Crippen LogP contribution is -2.38. The van der Waals surface area contributed by atoms with Crippen LogP contribution in [0.3, 0.4) is 0 Å². The fourth-order valence-corrected chi connectivity index (χ4v) is 6.50. The molecule has 4 aromatic heterocycles. The number of nitrogens with two attached hydrogens (primary N) is 1. The molecular weight excluding hydrogens is 599 g/mol. The van der Waals surface area contributed by atoms with Crippen molar-refractivity contribution in [1.82, 2.24) is 24.3 Å². The van der Waals surface area contributed by atoms with Gasteiger partial charge in [-0.15, -0.1) is 0 Å². The topological polar surface area (TPSA) is 108 Å². The van der Waals surface area contributed by atoms with Crippen LogP contribution < -0.4 is 11.1 Å². The molecule has 2 aromatic carbocycles. The second-order valence-corrected chi connectivity index (χ2v) is 11.8. The van der Waals surface area contributed by atoms with Crippen molar-refractivity contribution in [3.63, 3.8) is 0 Å². The number of hydrogen-bond acceptors (Lipinski definition) is 7. The van der Waals surface area contributed by atoms with Gasteiger partial charge in [0.05, 0.1) is 16.2 Å². The van der Waals surface area contributed by atoms with Crippen molar-refractivity contribution in [2.75, 3.05) is 24.1 Å². The predicted octanol–water partition coefficient (Wildman–Crippen LogP) is 7.45. The van der Waals surface area contributed by atoms with E-state index in [-0.39, 0.29) is 11.6 Å². The summed E-state index contributed by atoms with van der Waals surface area (Å²) >= 11 is 7.09. The number of nitrogen functional groups attached to an aromatic ring is 1. The highest BCUT2D eigenvalue weighted by atomic mass is 35.5. The van der Waals surface area contributed by atoms with Crippen LogP contribution in [0.1, 0.15) is 24.2 Å². The number of halogens is 2. The molecule has 5 heterocycles. The minimum absolute atomic E-state index is 0.172. The summed E-state index contributed by atoms with van der Waals surface area (Å²) in [4.78, 5) is 15.0. The molecule has 1 fully saturated rings. The summed E-state index contributed by atoms with van der Waals surface area (Å²) in [5.41, 5.74) is 13.7. The van der Waals surface area contributed by atoms with Crippen LogP contribution >= 0.6 is 11.6 Å². The third-order valence-corrected chi connectivity index (χ3v) is 8.87. The maximum Gasteiger partial charge on any atom is 0.234 e. The van der Waals surface area contributed by atoms with Gasteiger partial charge in [-0.2, -0.15) is 5.26 Å². The molecule has 1 aliphatic rings. The molecule has 0 radical (unpaired) electrons. The number of piperidine rings is 1. The molecule has 46 heavy (non-hydrogen) atoms. The van der Waals surface area contributed by atoms with Crippen LogP contribution in [0.5, 0.6) is 0 Å². The standard InChI is InChI=1S/C36H30ClFN8/c37-34-30-12-9-26(24-7-10-27(38)11-8-24)22-46(30)35(33(34)29-2-1-16-42-36(29)40)25-5-3-23(4-6-25)21-45-18-14-28(15-19-45)43-31-13-17-41-32(20-39)44-31/h1-13,16-17,22,28H,14-15,18-19,21H2,(H2,40,42)(H,41,43,44). The number of pyridine rings is 2. The lowest BCUT2D eigenvalue weighted by atomic mass is 10.00. The van der Waals surface area contributed by atoms with Crippen molar-refractivity contribution in [2.45, 2.75) is 25.4 Å². The van der Waals surface area contributed by atoms with Gasteiger partial charge in [0.2, 0.25) is 5.82 Å². The van der Waals surface area contributed by atoms with E-state index in [1.54, 1.807) is 30.6 Å². The van der Waals surface area contributed by atoms with Crippen LogP contribution in [0, 0.1) is 17.1 Å². The molecule has 0 atom stereocenters. The summed E-state index contributed by atoms with van der Waals surface area (Å²) in [5.74, 6) is 0.990. The predicted molar refractivity (Wildman–Crippen MR) is 180 cm³/mol. The molecule has 6 aromatic rings. The second-order valence-electron chi connectivity index (χ2n) is 11.4. The van der Waals surface area contributed by atoms with E-state index < -0.39 is 0 Å². The molecule has 0 spiro atoms. The molecule has 0 amide bonds. The average molecular weight is 629 g/mol. The van der Waals surface area contributed by atoms with Crippen molar-refractivity contribution < 1.29 is 4.39 Å². The summed E-state index contributed by atoms with van der Waals surface area (Å²) in [6.07, 6.45) is 7.27. The van der Waals surface area contributed by atoms with E-state index in [4.69, 9.17) is 22.6 Å². The molecular formula is C36H30ClFN8. The fraction of sp³-hybridized carbons (Fsp3) is 0.167. The number of rotatable bonds is 7. The van der Waals surface area contributed by atoms with Gasteiger partial charge in [-0.05, 0) is 71.5 Å². The van der Waals surface area contributed by atoms with E-state index >= 15 is 0 Å². The average Bonchev–Trinajstić information content (AvgIpc) is 3.37. The largest absolute Gasteiger partial charge is 0.383 e. The lowest BCUT2D eigenvalue weighted by Gasteiger charge is -2.32. The summed E-state index contributed by atoms with van der Waals surface area (Å²) in [6.45, 7) is 2.74. The molecule has 10 heteroatoms. The van der Waals surface area contributed by atoms with Gasteiger partial charge in [0.1, 0.15) is 23.5 Å². The maximum atomic E-state index is 13.7. The normalized spacial score (nSPS) is 13.9. The molecule has 1 saturated heterocycles. The minimum Gasteiger partial charge on any atom is -0.383 e. The van der Waals surface area contributed by atoms with Crippen molar-refractivity contribution in [3.05, 3.63) is 120 Å². The molecule has 1 aliphatic heterocycles. The molecule has 0 aliphatic carbocycles. The summed E-state index contributed by atoms with van der Waals surface area (Å²) in [6, 6.07) is 26.9. The molecule has 0 saturated carbocycles. The van der Waals surface area contributed by atoms with E-state index in [1.165, 1.54) is 17.7 Å². The van der Waals surface area contributed by atoms with Crippen LogP contribution in [0.4, 0.5) is 16.0 Å². The number of benzene rings is 2. The van der Waals surface area contributed by atoms with Gasteiger partial charge >= 0.3 is 0 Å². The van der Waals surface area contributed by atoms with Crippen molar-refractivity contribution >= 4 is 28.8 Å². The molecule has 3 N–H and O–H groups in total. The smallest absolute Gasteiger partial charge is 0.234 e. The van der Waals surface area contributed by atoms with Crippen molar-refractivity contribution in [2.24, 2.45) is 0 Å². The highest BCUT2D eigenvalue weighted by Crippen LogP contribution is 2.44. The first-order valence-electron chi connectivity index (χ1n) is 15.1. The first-order valence-corrected chi connectivity index (χ1v) is 15.5. The van der Waals surface area contributed by atoms with Crippen LogP contribution in [0.15, 0.2) is 97.5 Å². The van der Waals surface area contributed by atoms with Crippen LogP contribution in [0.25, 0.3) is 39.0 Å². The minimum atomic E-state index is -0.276. The zero-order valence-electron chi connectivity index (χ0n) is 24.9. The van der Waals surface area contributed by atoms with E-state index in [2.05, 4.69) is 53.8 Å². The van der Waals surface area contributed by atoms with Gasteiger partial charge in [0.15, 0.2) is 0 Å². The zero-order valence-corrected chi connectivity index (χ0v) is 25.6. The Hall–Kier alpha value is -5.30. The van der Waals surface area contributed by atoms with Gasteiger partial charge < -0.3 is 15.5 Å². The monoisotopic (exact) mass is 628 g/mol. The van der Waals surface area contributed by atoms with Gasteiger partial charge in [0, 0.05) is 55.4 Å².